The van der Waals surface area contributed by atoms with E-state index < -0.39 is 0 Å². The minimum absolute atomic E-state index is 0.0648. The summed E-state index contributed by atoms with van der Waals surface area (Å²) in [6.07, 6.45) is 0. The third-order valence-electron chi connectivity index (χ3n) is 3.45. The maximum Gasteiger partial charge on any atom is 0.254 e. The predicted octanol–water partition coefficient (Wildman–Crippen LogP) is 0.640. The molecule has 1 unspecified atom stereocenters. The van der Waals surface area contributed by atoms with Gasteiger partial charge in [-0.25, -0.2) is 0 Å². The van der Waals surface area contributed by atoms with Gasteiger partial charge < -0.3 is 15.1 Å². The van der Waals surface area contributed by atoms with Crippen LogP contribution >= 0.6 is 11.3 Å². The van der Waals surface area contributed by atoms with Crippen molar-refractivity contribution in [2.75, 3.05) is 33.2 Å². The molecule has 0 bridgehead atoms. The van der Waals surface area contributed by atoms with Gasteiger partial charge >= 0.3 is 0 Å². The second kappa shape index (κ2) is 6.16. The van der Waals surface area contributed by atoms with Crippen molar-refractivity contribution in [2.24, 2.45) is 0 Å². The first kappa shape index (κ1) is 14.0. The summed E-state index contributed by atoms with van der Waals surface area (Å²) in [5, 5.41) is 6.72. The third kappa shape index (κ3) is 3.13. The van der Waals surface area contributed by atoms with Gasteiger partial charge in [-0.2, -0.15) is 11.3 Å². The summed E-state index contributed by atoms with van der Waals surface area (Å²) in [6.45, 7) is 4.29. The topological polar surface area (TPSA) is 52.7 Å². The van der Waals surface area contributed by atoms with Crippen LogP contribution in [0.2, 0.25) is 0 Å². The summed E-state index contributed by atoms with van der Waals surface area (Å²) in [6, 6.07) is 1.67. The Bertz CT molecular complexity index is 439. The van der Waals surface area contributed by atoms with E-state index in [0.29, 0.717) is 26.2 Å². The largest absolute Gasteiger partial charge is 0.338 e. The molecule has 5 nitrogen and oxygen atoms in total. The number of carbonyl (C=O) groups is 2. The van der Waals surface area contributed by atoms with Crippen LogP contribution in [0.4, 0.5) is 0 Å². The molecule has 0 saturated carbocycles. The third-order valence-corrected chi connectivity index (χ3v) is 4.13. The van der Waals surface area contributed by atoms with Crippen molar-refractivity contribution < 1.29 is 9.59 Å². The Morgan fingerprint density at radius 2 is 1.89 bits per heavy atom. The SMILES string of the molecule is CNC(C)C(=O)N1CCN(C(=O)c2ccsc2)CC1. The van der Waals surface area contributed by atoms with Crippen molar-refractivity contribution in [2.45, 2.75) is 13.0 Å². The Labute approximate surface area is 117 Å². The van der Waals surface area contributed by atoms with Crippen LogP contribution < -0.4 is 5.32 Å². The van der Waals surface area contributed by atoms with Gasteiger partial charge in [0, 0.05) is 31.6 Å². The standard InChI is InChI=1S/C13H19N3O2S/c1-10(14-2)12(17)15-4-6-16(7-5-15)13(18)11-3-8-19-9-11/h3,8-10,14H,4-7H2,1-2H3. The van der Waals surface area contributed by atoms with Crippen molar-refractivity contribution in [1.82, 2.24) is 15.1 Å². The van der Waals surface area contributed by atoms with Crippen LogP contribution in [0, 0.1) is 0 Å². The van der Waals surface area contributed by atoms with E-state index in [1.165, 1.54) is 11.3 Å². The molecule has 1 aromatic heterocycles. The van der Waals surface area contributed by atoms with Crippen molar-refractivity contribution in [1.29, 1.82) is 0 Å². The van der Waals surface area contributed by atoms with Crippen molar-refractivity contribution in [3.63, 3.8) is 0 Å². The van der Waals surface area contributed by atoms with Crippen LogP contribution in [-0.4, -0.2) is 60.9 Å². The summed E-state index contributed by atoms with van der Waals surface area (Å²) in [5.41, 5.74) is 0.744. The van der Waals surface area contributed by atoms with E-state index in [1.807, 2.05) is 33.6 Å². The molecule has 2 heterocycles. The highest BCUT2D eigenvalue weighted by Crippen LogP contribution is 2.12. The molecule has 6 heteroatoms. The Hall–Kier alpha value is -1.40. The van der Waals surface area contributed by atoms with Gasteiger partial charge in [0.25, 0.3) is 5.91 Å². The number of nitrogens with zero attached hydrogens (tertiary/aromatic N) is 2. The fourth-order valence-electron chi connectivity index (χ4n) is 2.10. The quantitative estimate of drug-likeness (QED) is 0.884. The molecule has 1 aliphatic rings. The minimum Gasteiger partial charge on any atom is -0.338 e. The van der Waals surface area contributed by atoms with E-state index >= 15 is 0 Å². The number of hydrogen-bond acceptors (Lipinski definition) is 4. The van der Waals surface area contributed by atoms with Gasteiger partial charge in [0.15, 0.2) is 0 Å². The van der Waals surface area contributed by atoms with Crippen molar-refractivity contribution >= 4 is 23.2 Å². The molecule has 0 aromatic carbocycles. The Kier molecular flexibility index (Phi) is 4.55. The molecule has 1 aromatic rings. The number of carbonyl (C=O) groups excluding carboxylic acids is 2. The number of nitrogens with one attached hydrogen (secondary N) is 1. The number of thiophene rings is 1. The average molecular weight is 281 g/mol. The highest BCUT2D eigenvalue weighted by molar-refractivity contribution is 7.08. The monoisotopic (exact) mass is 281 g/mol. The summed E-state index contributed by atoms with van der Waals surface area (Å²) >= 11 is 1.52. The minimum atomic E-state index is -0.167. The van der Waals surface area contributed by atoms with Crippen LogP contribution in [0.3, 0.4) is 0 Å². The molecule has 0 radical (unpaired) electrons. The molecular weight excluding hydrogens is 262 g/mol. The second-order valence-corrected chi connectivity index (χ2v) is 5.42. The van der Waals surface area contributed by atoms with Crippen LogP contribution in [-0.2, 0) is 4.79 Å². The van der Waals surface area contributed by atoms with Gasteiger partial charge in [0.05, 0.1) is 11.6 Å². The highest BCUT2D eigenvalue weighted by Gasteiger charge is 2.26. The number of rotatable bonds is 3. The van der Waals surface area contributed by atoms with E-state index in [4.69, 9.17) is 0 Å². The van der Waals surface area contributed by atoms with Crippen LogP contribution in [0.25, 0.3) is 0 Å². The zero-order valence-electron chi connectivity index (χ0n) is 11.3. The number of hydrogen-bond donors (Lipinski definition) is 1. The number of piperazine rings is 1. The zero-order chi connectivity index (χ0) is 13.8. The zero-order valence-corrected chi connectivity index (χ0v) is 12.1. The Balaban J connectivity index is 1.89. The first-order valence-corrected chi connectivity index (χ1v) is 7.35. The molecule has 2 amide bonds. The van der Waals surface area contributed by atoms with Gasteiger partial charge in [-0.15, -0.1) is 0 Å². The maximum atomic E-state index is 12.1. The lowest BCUT2D eigenvalue weighted by Crippen LogP contribution is -2.54. The molecule has 1 saturated heterocycles. The van der Waals surface area contributed by atoms with Gasteiger partial charge in [-0.05, 0) is 25.4 Å². The molecule has 2 rings (SSSR count). The van der Waals surface area contributed by atoms with Crippen LogP contribution in [0.1, 0.15) is 17.3 Å². The fourth-order valence-corrected chi connectivity index (χ4v) is 2.73. The lowest BCUT2D eigenvalue weighted by atomic mass is 10.2. The lowest BCUT2D eigenvalue weighted by Gasteiger charge is -2.35. The van der Waals surface area contributed by atoms with Crippen molar-refractivity contribution in [3.05, 3.63) is 22.4 Å². The molecule has 0 spiro atoms. The van der Waals surface area contributed by atoms with Gasteiger partial charge in [-0.3, -0.25) is 9.59 Å². The van der Waals surface area contributed by atoms with Crippen LogP contribution in [0.5, 0.6) is 0 Å². The van der Waals surface area contributed by atoms with E-state index in [9.17, 15) is 9.59 Å². The Morgan fingerprint density at radius 3 is 2.42 bits per heavy atom. The second-order valence-electron chi connectivity index (χ2n) is 4.64. The van der Waals surface area contributed by atoms with Gasteiger partial charge in [-0.1, -0.05) is 0 Å². The molecule has 1 N–H and O–H groups in total. The van der Waals surface area contributed by atoms with E-state index in [1.54, 1.807) is 7.05 Å². The fraction of sp³-hybridized carbons (Fsp3) is 0.538. The highest BCUT2D eigenvalue weighted by atomic mass is 32.1. The predicted molar refractivity (Wildman–Crippen MR) is 75.3 cm³/mol. The summed E-state index contributed by atoms with van der Waals surface area (Å²) in [4.78, 5) is 27.8. The molecule has 1 fully saturated rings. The smallest absolute Gasteiger partial charge is 0.254 e. The van der Waals surface area contributed by atoms with E-state index in [2.05, 4.69) is 5.32 Å². The first-order chi connectivity index (χ1) is 9.13. The van der Waals surface area contributed by atoms with E-state index in [-0.39, 0.29) is 17.9 Å². The molecule has 1 atom stereocenters. The molecular formula is C13H19N3O2S. The van der Waals surface area contributed by atoms with Crippen LogP contribution in [0.15, 0.2) is 16.8 Å². The number of amides is 2. The van der Waals surface area contributed by atoms with Crippen molar-refractivity contribution in [3.8, 4) is 0 Å². The molecule has 104 valence electrons. The summed E-state index contributed by atoms with van der Waals surface area (Å²) in [5.74, 6) is 0.167. The first-order valence-electron chi connectivity index (χ1n) is 6.41. The summed E-state index contributed by atoms with van der Waals surface area (Å²) in [7, 11) is 1.78. The number of likely N-dealkylation sites (N-methyl/N-ethyl adjacent to an activating group) is 1. The molecule has 1 aliphatic heterocycles. The van der Waals surface area contributed by atoms with Gasteiger partial charge in [0.1, 0.15) is 0 Å². The Morgan fingerprint density at radius 1 is 1.26 bits per heavy atom. The van der Waals surface area contributed by atoms with Gasteiger partial charge in [0.2, 0.25) is 5.91 Å². The molecule has 19 heavy (non-hydrogen) atoms. The normalized spacial score (nSPS) is 17.4. The average Bonchev–Trinajstić information content (AvgIpc) is 2.99. The maximum absolute atomic E-state index is 12.1. The molecule has 0 aliphatic carbocycles. The summed E-state index contributed by atoms with van der Waals surface area (Å²) < 4.78 is 0. The lowest BCUT2D eigenvalue weighted by molar-refractivity contribution is -0.134. The van der Waals surface area contributed by atoms with E-state index in [0.717, 1.165) is 5.56 Å².